The average molecular weight is 602 g/mol. The number of hydrogen-bond acceptors (Lipinski definition) is 9. The summed E-state index contributed by atoms with van der Waals surface area (Å²) in [5.41, 5.74) is 1.12. The number of nitrogens with zero attached hydrogens (tertiary/aromatic N) is 5. The first-order chi connectivity index (χ1) is 20.5. The van der Waals surface area contributed by atoms with E-state index in [4.69, 9.17) is 21.1 Å². The van der Waals surface area contributed by atoms with Crippen molar-refractivity contribution in [1.29, 1.82) is 5.26 Å². The first kappa shape index (κ1) is 31.0. The third-order valence-electron chi connectivity index (χ3n) is 6.39. The molecule has 4 aromatic rings. The van der Waals surface area contributed by atoms with Crippen LogP contribution in [0.4, 0.5) is 11.8 Å². The Morgan fingerprint density at radius 1 is 1.14 bits per heavy atom. The molecular weight excluding hydrogens is 570 g/mol. The predicted octanol–water partition coefficient (Wildman–Crippen LogP) is 5.24. The third-order valence-corrected chi connectivity index (χ3v) is 6.78. The number of methoxy groups -OCH3 is 2. The second-order valence-electron chi connectivity index (χ2n) is 10.7. The maximum Gasteiger partial charge on any atom is 0.267 e. The summed E-state index contributed by atoms with van der Waals surface area (Å²) in [4.78, 5) is 40.1. The number of carbonyl (C=O) groups is 1. The molecule has 222 valence electrons. The second kappa shape index (κ2) is 12.9. The lowest BCUT2D eigenvalue weighted by Crippen LogP contribution is -2.24. The zero-order valence-corrected chi connectivity index (χ0v) is 25.5. The highest BCUT2D eigenvalue weighted by molar-refractivity contribution is 6.35. The van der Waals surface area contributed by atoms with E-state index in [1.807, 2.05) is 26.8 Å². The number of anilines is 2. The van der Waals surface area contributed by atoms with Gasteiger partial charge in [-0.15, -0.1) is 0 Å². The van der Waals surface area contributed by atoms with E-state index in [9.17, 15) is 14.9 Å². The van der Waals surface area contributed by atoms with Gasteiger partial charge in [-0.1, -0.05) is 44.5 Å². The maximum absolute atomic E-state index is 14.0. The lowest BCUT2D eigenvalue weighted by Gasteiger charge is -2.16. The summed E-state index contributed by atoms with van der Waals surface area (Å²) in [6.45, 7) is 5.92. The Bertz CT molecular complexity index is 1820. The van der Waals surface area contributed by atoms with E-state index in [-0.39, 0.29) is 28.1 Å². The van der Waals surface area contributed by atoms with Crippen molar-refractivity contribution < 1.29 is 14.3 Å². The number of nitriles is 1. The molecule has 3 heterocycles. The van der Waals surface area contributed by atoms with Crippen LogP contribution in [0.25, 0.3) is 22.2 Å². The van der Waals surface area contributed by atoms with Gasteiger partial charge in [0.25, 0.3) is 11.5 Å². The first-order valence-corrected chi connectivity index (χ1v) is 13.8. The van der Waals surface area contributed by atoms with Crippen molar-refractivity contribution in [3.63, 3.8) is 0 Å². The SMILES string of the molecule is CNc1ncc2cc(-c3cc(OC)cc(OC)c3Cl)c(=O)n(CCc3cccc(NC(=O)/C(C#N)=C/C(C)(C)C)n3)c2n1. The van der Waals surface area contributed by atoms with Crippen LogP contribution in [-0.4, -0.2) is 46.7 Å². The number of amides is 1. The van der Waals surface area contributed by atoms with Crippen molar-refractivity contribution in [3.05, 3.63) is 75.3 Å². The highest BCUT2D eigenvalue weighted by atomic mass is 35.5. The molecule has 3 aromatic heterocycles. The molecule has 0 atom stereocenters. The summed E-state index contributed by atoms with van der Waals surface area (Å²) in [7, 11) is 4.70. The average Bonchev–Trinajstić information content (AvgIpc) is 2.98. The Morgan fingerprint density at radius 2 is 1.91 bits per heavy atom. The Labute approximate surface area is 254 Å². The molecule has 2 N–H and O–H groups in total. The fourth-order valence-electron chi connectivity index (χ4n) is 4.39. The van der Waals surface area contributed by atoms with Gasteiger partial charge in [-0.3, -0.25) is 14.2 Å². The number of halogens is 1. The van der Waals surface area contributed by atoms with Crippen LogP contribution in [0.15, 0.2) is 59.0 Å². The Balaban J connectivity index is 1.73. The minimum atomic E-state index is -0.543. The highest BCUT2D eigenvalue weighted by Gasteiger charge is 2.20. The molecule has 0 radical (unpaired) electrons. The highest BCUT2D eigenvalue weighted by Crippen LogP contribution is 2.38. The first-order valence-electron chi connectivity index (χ1n) is 13.4. The quantitative estimate of drug-likeness (QED) is 0.194. The summed E-state index contributed by atoms with van der Waals surface area (Å²) in [6, 6.07) is 12.1. The summed E-state index contributed by atoms with van der Waals surface area (Å²) in [6.07, 6.45) is 3.58. The maximum atomic E-state index is 14.0. The number of pyridine rings is 2. The van der Waals surface area contributed by atoms with Gasteiger partial charge in [0, 0.05) is 54.5 Å². The van der Waals surface area contributed by atoms with Crippen molar-refractivity contribution in [1.82, 2.24) is 19.5 Å². The summed E-state index contributed by atoms with van der Waals surface area (Å²) < 4.78 is 12.4. The molecule has 0 aliphatic heterocycles. The van der Waals surface area contributed by atoms with Crippen LogP contribution in [-0.2, 0) is 17.8 Å². The zero-order chi connectivity index (χ0) is 31.3. The molecule has 0 fully saturated rings. The number of rotatable bonds is 9. The lowest BCUT2D eigenvalue weighted by atomic mass is 9.93. The topological polar surface area (TPSA) is 144 Å². The molecule has 0 aliphatic carbocycles. The van der Waals surface area contributed by atoms with E-state index in [0.29, 0.717) is 57.5 Å². The molecule has 1 aromatic carbocycles. The van der Waals surface area contributed by atoms with E-state index >= 15 is 0 Å². The standard InChI is InChI=1S/C31H32ClN7O4/c1-31(2,3)15-19(16-33)28(40)37-25-9-7-8-20(36-25)10-11-39-27-18(17-35-30(34-4)38-27)12-23(29(39)41)22-13-21(42-5)14-24(43-6)26(22)32/h7-9,12-15,17H,10-11H2,1-6H3,(H,34,35,38)(H,36,37,40)/b19-15+. The largest absolute Gasteiger partial charge is 0.497 e. The third kappa shape index (κ3) is 7.10. The van der Waals surface area contributed by atoms with Crippen LogP contribution in [0, 0.1) is 16.7 Å². The van der Waals surface area contributed by atoms with E-state index in [1.54, 1.807) is 60.3 Å². The van der Waals surface area contributed by atoms with Gasteiger partial charge in [0.05, 0.1) is 19.2 Å². The summed E-state index contributed by atoms with van der Waals surface area (Å²) >= 11 is 6.66. The molecule has 43 heavy (non-hydrogen) atoms. The van der Waals surface area contributed by atoms with Crippen molar-refractivity contribution in [3.8, 4) is 28.7 Å². The number of hydrogen-bond donors (Lipinski definition) is 2. The fourth-order valence-corrected chi connectivity index (χ4v) is 4.68. The Hall–Kier alpha value is -4.95. The normalized spacial score (nSPS) is 11.6. The molecule has 0 unspecified atom stereocenters. The summed E-state index contributed by atoms with van der Waals surface area (Å²) in [5.74, 6) is 0.944. The molecule has 4 rings (SSSR count). The van der Waals surface area contributed by atoms with Crippen molar-refractivity contribution >= 4 is 40.3 Å². The van der Waals surface area contributed by atoms with Gasteiger partial charge in [-0.25, -0.2) is 9.97 Å². The Kier molecular flexibility index (Phi) is 9.31. The Morgan fingerprint density at radius 3 is 2.56 bits per heavy atom. The van der Waals surface area contributed by atoms with E-state index in [2.05, 4.69) is 25.6 Å². The smallest absolute Gasteiger partial charge is 0.267 e. The number of carbonyl (C=O) groups excluding carboxylic acids is 1. The zero-order valence-electron chi connectivity index (χ0n) is 24.8. The molecule has 1 amide bonds. The summed E-state index contributed by atoms with van der Waals surface area (Å²) in [5, 5.41) is 15.9. The molecule has 0 bridgehead atoms. The monoisotopic (exact) mass is 601 g/mol. The number of ether oxygens (including phenoxy) is 2. The number of allylic oxidation sites excluding steroid dienone is 1. The van der Waals surface area contributed by atoms with Crippen LogP contribution in [0.3, 0.4) is 0 Å². The minimum absolute atomic E-state index is 0.00222. The number of nitrogens with one attached hydrogen (secondary N) is 2. The van der Waals surface area contributed by atoms with E-state index in [1.165, 1.54) is 14.2 Å². The molecule has 0 aliphatic rings. The lowest BCUT2D eigenvalue weighted by molar-refractivity contribution is -0.112. The molecule has 12 heteroatoms. The van der Waals surface area contributed by atoms with Crippen LogP contribution >= 0.6 is 11.6 Å². The molecular formula is C31H32ClN7O4. The molecule has 0 saturated carbocycles. The number of aromatic nitrogens is 4. The second-order valence-corrected chi connectivity index (χ2v) is 11.1. The van der Waals surface area contributed by atoms with Crippen molar-refractivity contribution in [2.75, 3.05) is 31.9 Å². The van der Waals surface area contributed by atoms with Gasteiger partial charge < -0.3 is 20.1 Å². The number of aryl methyl sites for hydroxylation is 2. The van der Waals surface area contributed by atoms with Crippen LogP contribution in [0.2, 0.25) is 5.02 Å². The van der Waals surface area contributed by atoms with Crippen molar-refractivity contribution in [2.24, 2.45) is 5.41 Å². The number of fused-ring (bicyclic) bond motifs is 1. The molecule has 0 saturated heterocycles. The van der Waals surface area contributed by atoms with Crippen LogP contribution in [0.5, 0.6) is 11.5 Å². The van der Waals surface area contributed by atoms with Gasteiger partial charge in [-0.05, 0) is 29.7 Å². The van der Waals surface area contributed by atoms with Gasteiger partial charge >= 0.3 is 0 Å². The van der Waals surface area contributed by atoms with Gasteiger partial charge in [0.1, 0.15) is 34.6 Å². The van der Waals surface area contributed by atoms with Gasteiger partial charge in [0.2, 0.25) is 5.95 Å². The van der Waals surface area contributed by atoms with Gasteiger partial charge in [-0.2, -0.15) is 10.2 Å². The minimum Gasteiger partial charge on any atom is -0.497 e. The van der Waals surface area contributed by atoms with Gasteiger partial charge in [0.15, 0.2) is 0 Å². The molecule has 11 nitrogen and oxygen atoms in total. The molecule has 0 spiro atoms. The van der Waals surface area contributed by atoms with Crippen molar-refractivity contribution in [2.45, 2.75) is 33.7 Å². The fraction of sp³-hybridized carbons (Fsp3) is 0.290. The van der Waals surface area contributed by atoms with Crippen LogP contribution in [0.1, 0.15) is 26.5 Å². The van der Waals surface area contributed by atoms with E-state index in [0.717, 1.165) is 0 Å². The van der Waals surface area contributed by atoms with Crippen LogP contribution < -0.4 is 25.7 Å². The number of benzene rings is 1. The predicted molar refractivity (Wildman–Crippen MR) is 167 cm³/mol. The van der Waals surface area contributed by atoms with E-state index < -0.39 is 5.91 Å².